The molecule has 0 radical (unpaired) electrons. The largest absolute Gasteiger partial charge is 0.484 e. The third-order valence-corrected chi connectivity index (χ3v) is 7.54. The molecular formula is C31H35ClN2O3. The normalized spacial score (nSPS) is 14.2. The molecule has 1 atom stereocenters. The average Bonchev–Trinajstić information content (AvgIpc) is 3.42. The Bertz CT molecular complexity index is 1170. The fraction of sp³-hybridized carbons (Fsp3) is 0.355. The van der Waals surface area contributed by atoms with Crippen LogP contribution in [0.5, 0.6) is 5.75 Å². The van der Waals surface area contributed by atoms with Crippen molar-refractivity contribution in [1.29, 1.82) is 0 Å². The van der Waals surface area contributed by atoms with Crippen LogP contribution in [-0.2, 0) is 22.6 Å². The van der Waals surface area contributed by atoms with Gasteiger partial charge >= 0.3 is 0 Å². The third kappa shape index (κ3) is 7.36. The van der Waals surface area contributed by atoms with Crippen LogP contribution in [0.15, 0.2) is 72.8 Å². The van der Waals surface area contributed by atoms with E-state index in [1.807, 2.05) is 86.6 Å². The maximum atomic E-state index is 13.7. The lowest BCUT2D eigenvalue weighted by atomic mass is 10.0. The molecule has 1 fully saturated rings. The number of nitrogens with zero attached hydrogens (tertiary/aromatic N) is 1. The fourth-order valence-corrected chi connectivity index (χ4v) is 5.03. The van der Waals surface area contributed by atoms with E-state index in [4.69, 9.17) is 16.3 Å². The Balaban J connectivity index is 1.60. The van der Waals surface area contributed by atoms with Gasteiger partial charge in [0.05, 0.1) is 0 Å². The average molecular weight is 519 g/mol. The van der Waals surface area contributed by atoms with Crippen LogP contribution in [0.2, 0.25) is 5.02 Å². The van der Waals surface area contributed by atoms with E-state index in [2.05, 4.69) is 5.32 Å². The number of carbonyl (C=O) groups excluding carboxylic acids is 2. The summed E-state index contributed by atoms with van der Waals surface area (Å²) in [6.45, 7) is 3.97. The van der Waals surface area contributed by atoms with Gasteiger partial charge in [-0.05, 0) is 61.1 Å². The summed E-state index contributed by atoms with van der Waals surface area (Å²) in [6.07, 6.45) is 4.63. The smallest absolute Gasteiger partial charge is 0.261 e. The molecule has 6 heteroatoms. The summed E-state index contributed by atoms with van der Waals surface area (Å²) in [7, 11) is 0. The number of nitrogens with one attached hydrogen (secondary N) is 1. The molecule has 1 aliphatic rings. The molecule has 1 aliphatic carbocycles. The highest BCUT2D eigenvalue weighted by atomic mass is 35.5. The predicted molar refractivity (Wildman–Crippen MR) is 148 cm³/mol. The number of carbonyl (C=O) groups is 2. The van der Waals surface area contributed by atoms with Gasteiger partial charge in [-0.3, -0.25) is 9.59 Å². The van der Waals surface area contributed by atoms with Crippen LogP contribution in [0.4, 0.5) is 0 Å². The first-order chi connectivity index (χ1) is 17.9. The zero-order valence-corrected chi connectivity index (χ0v) is 22.3. The first kappa shape index (κ1) is 26.7. The molecular weight excluding hydrogens is 484 g/mol. The second-order valence-corrected chi connectivity index (χ2v) is 10.2. The van der Waals surface area contributed by atoms with Crippen molar-refractivity contribution in [2.75, 3.05) is 6.61 Å². The molecule has 2 amide bonds. The van der Waals surface area contributed by atoms with Crippen LogP contribution < -0.4 is 10.1 Å². The van der Waals surface area contributed by atoms with Crippen molar-refractivity contribution in [3.8, 4) is 5.75 Å². The molecule has 0 bridgehead atoms. The van der Waals surface area contributed by atoms with Crippen LogP contribution in [0.3, 0.4) is 0 Å². The minimum atomic E-state index is -0.659. The molecule has 194 valence electrons. The second kappa shape index (κ2) is 12.8. The molecule has 4 rings (SSSR count). The second-order valence-electron chi connectivity index (χ2n) is 9.86. The lowest BCUT2D eigenvalue weighted by Gasteiger charge is -2.32. The van der Waals surface area contributed by atoms with Crippen LogP contribution in [-0.4, -0.2) is 35.4 Å². The fourth-order valence-electron chi connectivity index (χ4n) is 4.92. The molecule has 1 N–H and O–H groups in total. The van der Waals surface area contributed by atoms with Crippen LogP contribution >= 0.6 is 11.6 Å². The lowest BCUT2D eigenvalue weighted by Crippen LogP contribution is -2.53. The Morgan fingerprint density at radius 1 is 0.946 bits per heavy atom. The number of benzene rings is 3. The van der Waals surface area contributed by atoms with Crippen molar-refractivity contribution in [2.24, 2.45) is 0 Å². The zero-order chi connectivity index (χ0) is 26.2. The van der Waals surface area contributed by atoms with Gasteiger partial charge in [0.25, 0.3) is 5.91 Å². The van der Waals surface area contributed by atoms with E-state index < -0.39 is 6.04 Å². The first-order valence-electron chi connectivity index (χ1n) is 13.0. The van der Waals surface area contributed by atoms with Gasteiger partial charge in [0.1, 0.15) is 11.8 Å². The molecule has 0 heterocycles. The van der Waals surface area contributed by atoms with E-state index in [0.29, 0.717) is 23.7 Å². The maximum absolute atomic E-state index is 13.7. The van der Waals surface area contributed by atoms with Gasteiger partial charge in [-0.15, -0.1) is 0 Å². The molecule has 0 unspecified atom stereocenters. The topological polar surface area (TPSA) is 58.6 Å². The van der Waals surface area contributed by atoms with Gasteiger partial charge in [0.15, 0.2) is 6.61 Å². The zero-order valence-electron chi connectivity index (χ0n) is 21.6. The molecule has 1 saturated carbocycles. The van der Waals surface area contributed by atoms with Gasteiger partial charge in [-0.2, -0.15) is 0 Å². The van der Waals surface area contributed by atoms with Gasteiger partial charge in [0, 0.05) is 24.0 Å². The van der Waals surface area contributed by atoms with E-state index >= 15 is 0 Å². The standard InChI is InChI=1S/C31H35ClN2O3/c1-22-17-27(18-23(2)30(22)32)37-21-29(35)34(20-25-13-7-4-8-14-25)28(19-24-11-5-3-6-12-24)31(36)33-26-15-9-10-16-26/h3-8,11-14,17-18,26,28H,9-10,15-16,19-21H2,1-2H3,(H,33,36)/t28-/m1/s1. The minimum absolute atomic E-state index is 0.113. The van der Waals surface area contributed by atoms with Crippen LogP contribution in [0.25, 0.3) is 0 Å². The Labute approximate surface area is 224 Å². The first-order valence-corrected chi connectivity index (χ1v) is 13.4. The van der Waals surface area contributed by atoms with Crippen molar-refractivity contribution in [1.82, 2.24) is 10.2 Å². The van der Waals surface area contributed by atoms with Crippen LogP contribution in [0.1, 0.15) is 47.9 Å². The van der Waals surface area contributed by atoms with Crippen molar-refractivity contribution in [3.63, 3.8) is 0 Å². The summed E-state index contributed by atoms with van der Waals surface area (Å²) in [6, 6.07) is 22.8. The summed E-state index contributed by atoms with van der Waals surface area (Å²) in [5.74, 6) is 0.234. The number of ether oxygens (including phenoxy) is 1. The number of amides is 2. The minimum Gasteiger partial charge on any atom is -0.484 e. The van der Waals surface area contributed by atoms with Gasteiger partial charge < -0.3 is 15.0 Å². The Morgan fingerprint density at radius 2 is 1.51 bits per heavy atom. The number of rotatable bonds is 10. The Hall–Kier alpha value is -3.31. The number of halogens is 1. The van der Waals surface area contributed by atoms with Crippen molar-refractivity contribution >= 4 is 23.4 Å². The summed E-state index contributed by atoms with van der Waals surface area (Å²) < 4.78 is 5.94. The highest BCUT2D eigenvalue weighted by molar-refractivity contribution is 6.32. The quantitative estimate of drug-likeness (QED) is 0.356. The van der Waals surface area contributed by atoms with E-state index in [1.165, 1.54) is 0 Å². The molecule has 0 aromatic heterocycles. The highest BCUT2D eigenvalue weighted by Crippen LogP contribution is 2.26. The predicted octanol–water partition coefficient (Wildman–Crippen LogP) is 6.03. The number of aryl methyl sites for hydroxylation is 2. The molecule has 3 aromatic carbocycles. The van der Waals surface area contributed by atoms with Crippen molar-refractivity contribution in [3.05, 3.63) is 100 Å². The Kier molecular flexibility index (Phi) is 9.24. The number of hydrogen-bond acceptors (Lipinski definition) is 3. The molecule has 0 saturated heterocycles. The summed E-state index contributed by atoms with van der Waals surface area (Å²) in [5, 5.41) is 3.92. The SMILES string of the molecule is Cc1cc(OCC(=O)N(Cc2ccccc2)[C@H](Cc2ccccc2)C(=O)NC2CCCC2)cc(C)c1Cl. The summed E-state index contributed by atoms with van der Waals surface area (Å²) in [5.41, 5.74) is 3.75. The molecule has 3 aromatic rings. The molecule has 0 spiro atoms. The van der Waals surface area contributed by atoms with E-state index in [9.17, 15) is 9.59 Å². The van der Waals surface area contributed by atoms with E-state index in [1.54, 1.807) is 4.90 Å². The van der Waals surface area contributed by atoms with Gasteiger partial charge in [-0.25, -0.2) is 0 Å². The van der Waals surface area contributed by atoms with Crippen molar-refractivity contribution < 1.29 is 14.3 Å². The van der Waals surface area contributed by atoms with E-state index in [0.717, 1.165) is 47.9 Å². The Morgan fingerprint density at radius 3 is 2.11 bits per heavy atom. The van der Waals surface area contributed by atoms with Gasteiger partial charge in [0.2, 0.25) is 5.91 Å². The molecule has 0 aliphatic heterocycles. The maximum Gasteiger partial charge on any atom is 0.261 e. The molecule has 5 nitrogen and oxygen atoms in total. The van der Waals surface area contributed by atoms with Crippen molar-refractivity contribution in [2.45, 2.75) is 64.6 Å². The van der Waals surface area contributed by atoms with Gasteiger partial charge in [-0.1, -0.05) is 85.1 Å². The summed E-state index contributed by atoms with van der Waals surface area (Å²) in [4.78, 5) is 29.1. The number of hydrogen-bond donors (Lipinski definition) is 1. The summed E-state index contributed by atoms with van der Waals surface area (Å²) >= 11 is 6.30. The molecule has 37 heavy (non-hydrogen) atoms. The lowest BCUT2D eigenvalue weighted by molar-refractivity contribution is -0.143. The third-order valence-electron chi connectivity index (χ3n) is 6.94. The monoisotopic (exact) mass is 518 g/mol. The van der Waals surface area contributed by atoms with Crippen LogP contribution in [0, 0.1) is 13.8 Å². The highest BCUT2D eigenvalue weighted by Gasteiger charge is 2.32. The van der Waals surface area contributed by atoms with E-state index in [-0.39, 0.29) is 24.5 Å².